The number of H-pyrrole nitrogens is 1. The van der Waals surface area contributed by atoms with Gasteiger partial charge in [-0.1, -0.05) is 70.5 Å². The van der Waals surface area contributed by atoms with Gasteiger partial charge in [-0.15, -0.1) is 0 Å². The van der Waals surface area contributed by atoms with Gasteiger partial charge in [0.05, 0.1) is 23.7 Å². The summed E-state index contributed by atoms with van der Waals surface area (Å²) in [6.07, 6.45) is -0.156. The number of aryl methyl sites for hydroxylation is 1. The summed E-state index contributed by atoms with van der Waals surface area (Å²) in [6, 6.07) is 22.7. The van der Waals surface area contributed by atoms with Crippen LogP contribution in [0.3, 0.4) is 0 Å². The quantitative estimate of drug-likeness (QED) is 0.312. The van der Waals surface area contributed by atoms with E-state index in [2.05, 4.69) is 26.0 Å². The molecule has 0 saturated carbocycles. The monoisotopic (exact) mass is 557 g/mol. The maximum atomic E-state index is 13.6. The minimum atomic E-state index is -1.05. The molecule has 7 nitrogen and oxygen atoms in total. The van der Waals surface area contributed by atoms with Crippen LogP contribution in [0.5, 0.6) is 0 Å². The standard InChI is InChI=1S/C29H24BrN3O4/c1-17-7-12-21-22(15-17)31-29(37)28(27(21)19-5-3-2-4-6-19)23-16-24(18-8-10-20(30)11-9-18)33(32-23)25(34)13-14-26(35)36/h2-12,15,24H,13-14,16H2,1H3,(H,31,37)(H,35,36). The van der Waals surface area contributed by atoms with Crippen LogP contribution in [0.25, 0.3) is 22.0 Å². The van der Waals surface area contributed by atoms with Gasteiger partial charge in [0.15, 0.2) is 0 Å². The molecule has 2 heterocycles. The van der Waals surface area contributed by atoms with Crippen molar-refractivity contribution in [3.63, 3.8) is 0 Å². The lowest BCUT2D eigenvalue weighted by molar-refractivity contribution is -0.141. The Labute approximate surface area is 221 Å². The number of fused-ring (bicyclic) bond motifs is 1. The van der Waals surface area contributed by atoms with Gasteiger partial charge in [-0.05, 0) is 41.8 Å². The number of rotatable bonds is 6. The number of hydrogen-bond donors (Lipinski definition) is 2. The zero-order valence-electron chi connectivity index (χ0n) is 20.1. The summed E-state index contributed by atoms with van der Waals surface area (Å²) in [5.41, 5.74) is 4.84. The highest BCUT2D eigenvalue weighted by Crippen LogP contribution is 2.37. The first-order chi connectivity index (χ1) is 17.8. The second kappa shape index (κ2) is 10.1. The van der Waals surface area contributed by atoms with Gasteiger partial charge >= 0.3 is 5.97 Å². The highest BCUT2D eigenvalue weighted by atomic mass is 79.9. The third-order valence-corrected chi connectivity index (χ3v) is 7.02. The van der Waals surface area contributed by atoms with E-state index in [1.54, 1.807) is 0 Å². The lowest BCUT2D eigenvalue weighted by Crippen LogP contribution is -2.27. The molecule has 8 heteroatoms. The minimum Gasteiger partial charge on any atom is -0.481 e. The number of pyridine rings is 1. The van der Waals surface area contributed by atoms with E-state index in [0.717, 1.165) is 37.6 Å². The fourth-order valence-corrected chi connectivity index (χ4v) is 5.02. The van der Waals surface area contributed by atoms with E-state index in [1.165, 1.54) is 5.01 Å². The van der Waals surface area contributed by atoms with Crippen molar-refractivity contribution >= 4 is 44.4 Å². The number of aliphatic carboxylic acids is 1. The summed E-state index contributed by atoms with van der Waals surface area (Å²) < 4.78 is 0.895. The second-order valence-corrected chi connectivity index (χ2v) is 9.99. The maximum Gasteiger partial charge on any atom is 0.303 e. The number of carboxylic acid groups (broad SMARTS) is 1. The van der Waals surface area contributed by atoms with Crippen LogP contribution in [0.15, 0.2) is 87.2 Å². The summed E-state index contributed by atoms with van der Waals surface area (Å²) >= 11 is 3.44. The Morgan fingerprint density at radius 1 is 1.03 bits per heavy atom. The number of carbonyl (C=O) groups is 2. The minimum absolute atomic E-state index is 0.183. The van der Waals surface area contributed by atoms with E-state index in [0.29, 0.717) is 17.7 Å². The molecule has 1 amide bonds. The van der Waals surface area contributed by atoms with Crippen molar-refractivity contribution in [1.29, 1.82) is 0 Å². The third kappa shape index (κ3) is 4.97. The molecule has 0 spiro atoms. The molecule has 1 aliphatic rings. The number of nitrogens with one attached hydrogen (secondary N) is 1. The van der Waals surface area contributed by atoms with Crippen molar-refractivity contribution < 1.29 is 14.7 Å². The molecule has 5 rings (SSSR count). The average molecular weight is 558 g/mol. The fourth-order valence-electron chi connectivity index (χ4n) is 4.76. The van der Waals surface area contributed by atoms with Gasteiger partial charge in [-0.3, -0.25) is 14.4 Å². The smallest absolute Gasteiger partial charge is 0.303 e. The van der Waals surface area contributed by atoms with Crippen molar-refractivity contribution in [2.45, 2.75) is 32.2 Å². The van der Waals surface area contributed by atoms with Gasteiger partial charge < -0.3 is 10.1 Å². The molecule has 0 radical (unpaired) electrons. The van der Waals surface area contributed by atoms with Crippen LogP contribution in [-0.4, -0.2) is 32.7 Å². The summed E-state index contributed by atoms with van der Waals surface area (Å²) in [6.45, 7) is 1.97. The second-order valence-electron chi connectivity index (χ2n) is 9.07. The number of benzene rings is 3. The molecule has 1 aromatic heterocycles. The number of hydrogen-bond acceptors (Lipinski definition) is 4. The highest BCUT2D eigenvalue weighted by molar-refractivity contribution is 9.10. The predicted molar refractivity (Wildman–Crippen MR) is 146 cm³/mol. The van der Waals surface area contributed by atoms with Crippen LogP contribution in [-0.2, 0) is 9.59 Å². The fraction of sp³-hybridized carbons (Fsp3) is 0.172. The van der Waals surface area contributed by atoms with Crippen LogP contribution in [0.4, 0.5) is 0 Å². The Morgan fingerprint density at radius 3 is 2.46 bits per heavy atom. The third-order valence-electron chi connectivity index (χ3n) is 6.49. The van der Waals surface area contributed by atoms with Gasteiger partial charge in [0.2, 0.25) is 5.91 Å². The summed E-state index contributed by atoms with van der Waals surface area (Å²) in [4.78, 5) is 40.8. The molecule has 37 heavy (non-hydrogen) atoms. The number of aromatic nitrogens is 1. The van der Waals surface area contributed by atoms with Crippen LogP contribution < -0.4 is 5.56 Å². The molecule has 1 aliphatic heterocycles. The Morgan fingerprint density at radius 2 is 1.76 bits per heavy atom. The molecule has 1 atom stereocenters. The van der Waals surface area contributed by atoms with Crippen molar-refractivity contribution in [3.8, 4) is 11.1 Å². The van der Waals surface area contributed by atoms with Crippen LogP contribution >= 0.6 is 15.9 Å². The molecule has 2 N–H and O–H groups in total. The molecule has 0 fully saturated rings. The Balaban J connectivity index is 1.69. The van der Waals surface area contributed by atoms with Crippen molar-refractivity contribution in [2.75, 3.05) is 0 Å². The number of carbonyl (C=O) groups excluding carboxylic acids is 1. The number of halogens is 1. The molecular weight excluding hydrogens is 534 g/mol. The molecule has 4 aromatic rings. The van der Waals surface area contributed by atoms with E-state index in [4.69, 9.17) is 5.11 Å². The molecule has 0 bridgehead atoms. The molecule has 186 valence electrons. The zero-order chi connectivity index (χ0) is 26.1. The SMILES string of the molecule is Cc1ccc2c(-c3ccccc3)c(C3=NN(C(=O)CCC(=O)O)C(c4ccc(Br)cc4)C3)c(=O)[nH]c2c1. The van der Waals surface area contributed by atoms with Crippen molar-refractivity contribution in [1.82, 2.24) is 9.99 Å². The van der Waals surface area contributed by atoms with Gasteiger partial charge in [0.1, 0.15) is 0 Å². The number of aromatic amines is 1. The number of amides is 1. The first kappa shape index (κ1) is 24.6. The number of hydrazone groups is 1. The normalized spacial score (nSPS) is 15.1. The molecule has 0 aliphatic carbocycles. The van der Waals surface area contributed by atoms with E-state index in [9.17, 15) is 14.4 Å². The summed E-state index contributed by atoms with van der Waals surface area (Å²) in [7, 11) is 0. The average Bonchev–Trinajstić information content (AvgIpc) is 3.32. The predicted octanol–water partition coefficient (Wildman–Crippen LogP) is 5.81. The largest absolute Gasteiger partial charge is 0.481 e. The lowest BCUT2D eigenvalue weighted by Gasteiger charge is -2.22. The van der Waals surface area contributed by atoms with Gasteiger partial charge in [0.25, 0.3) is 5.56 Å². The Bertz CT molecular complexity index is 1590. The number of nitrogens with zero attached hydrogens (tertiary/aromatic N) is 2. The van der Waals surface area contributed by atoms with Gasteiger partial charge in [-0.25, -0.2) is 5.01 Å². The summed E-state index contributed by atoms with van der Waals surface area (Å²) in [5, 5.41) is 16.0. The number of carboxylic acids is 1. The molecule has 3 aromatic carbocycles. The zero-order valence-corrected chi connectivity index (χ0v) is 21.7. The summed E-state index contributed by atoms with van der Waals surface area (Å²) in [5.74, 6) is -1.45. The molecule has 1 unspecified atom stereocenters. The maximum absolute atomic E-state index is 13.6. The van der Waals surface area contributed by atoms with E-state index in [1.807, 2.05) is 79.7 Å². The Hall–Kier alpha value is -4.04. The van der Waals surface area contributed by atoms with E-state index in [-0.39, 0.29) is 18.4 Å². The van der Waals surface area contributed by atoms with Crippen LogP contribution in [0, 0.1) is 6.92 Å². The molecule has 0 saturated heterocycles. The topological polar surface area (TPSA) is 103 Å². The van der Waals surface area contributed by atoms with Gasteiger partial charge in [0, 0.05) is 33.8 Å². The molecular formula is C29H24BrN3O4. The Kier molecular flexibility index (Phi) is 6.76. The van der Waals surface area contributed by atoms with Crippen molar-refractivity contribution in [2.24, 2.45) is 5.10 Å². The van der Waals surface area contributed by atoms with Crippen LogP contribution in [0.1, 0.15) is 42.0 Å². The van der Waals surface area contributed by atoms with E-state index >= 15 is 0 Å². The van der Waals surface area contributed by atoms with Gasteiger partial charge in [-0.2, -0.15) is 5.10 Å². The van der Waals surface area contributed by atoms with E-state index < -0.39 is 17.9 Å². The van der Waals surface area contributed by atoms with Crippen molar-refractivity contribution in [3.05, 3.63) is 104 Å². The first-order valence-electron chi connectivity index (χ1n) is 11.9. The highest BCUT2D eigenvalue weighted by Gasteiger charge is 2.35. The lowest BCUT2D eigenvalue weighted by atomic mass is 9.90. The first-order valence-corrected chi connectivity index (χ1v) is 12.7. The van der Waals surface area contributed by atoms with Crippen LogP contribution in [0.2, 0.25) is 0 Å².